The van der Waals surface area contributed by atoms with Crippen LogP contribution in [0.1, 0.15) is 29.9 Å². The fraction of sp³-hybridized carbons (Fsp3) is 0.333. The molecule has 112 valence electrons. The molecule has 1 atom stereocenters. The van der Waals surface area contributed by atoms with Gasteiger partial charge in [0.2, 0.25) is 0 Å². The topological polar surface area (TPSA) is 35.2 Å². The molecule has 0 aromatic heterocycles. The smallest absolute Gasteiger partial charge is 0.120 e. The van der Waals surface area contributed by atoms with Crippen LogP contribution in [0.2, 0.25) is 5.02 Å². The molecule has 0 heterocycles. The van der Waals surface area contributed by atoms with Gasteiger partial charge in [-0.15, -0.1) is 0 Å². The van der Waals surface area contributed by atoms with Crippen LogP contribution in [0.3, 0.4) is 0 Å². The second-order valence-corrected chi connectivity index (χ2v) is 5.67. The largest absolute Gasteiger partial charge is 0.494 e. The van der Waals surface area contributed by atoms with E-state index in [1.54, 1.807) is 0 Å². The second-order valence-electron chi connectivity index (χ2n) is 5.24. The van der Waals surface area contributed by atoms with Gasteiger partial charge in [-0.25, -0.2) is 0 Å². The van der Waals surface area contributed by atoms with E-state index in [-0.39, 0.29) is 0 Å². The van der Waals surface area contributed by atoms with Crippen LogP contribution in [0.25, 0.3) is 0 Å². The van der Waals surface area contributed by atoms with E-state index in [9.17, 15) is 0 Å². The quantitative estimate of drug-likeness (QED) is 0.762. The summed E-state index contributed by atoms with van der Waals surface area (Å²) < 4.78 is 5.72. The van der Waals surface area contributed by atoms with E-state index in [2.05, 4.69) is 31.2 Å². The number of nitrogens with two attached hydrogens (primary N) is 1. The van der Waals surface area contributed by atoms with E-state index in [0.717, 1.165) is 18.6 Å². The zero-order chi connectivity index (χ0) is 15.1. The molecule has 0 fully saturated rings. The van der Waals surface area contributed by atoms with Crippen molar-refractivity contribution in [2.24, 2.45) is 5.73 Å². The Bertz CT molecular complexity index is 571. The molecule has 2 nitrogen and oxygen atoms in total. The highest BCUT2D eigenvalue weighted by molar-refractivity contribution is 6.30. The van der Waals surface area contributed by atoms with Crippen molar-refractivity contribution >= 4 is 11.6 Å². The van der Waals surface area contributed by atoms with E-state index in [0.29, 0.717) is 24.1 Å². The normalized spacial score (nSPS) is 12.1. The van der Waals surface area contributed by atoms with Crippen molar-refractivity contribution in [1.29, 1.82) is 0 Å². The summed E-state index contributed by atoms with van der Waals surface area (Å²) in [6, 6.07) is 16.0. The van der Waals surface area contributed by atoms with Gasteiger partial charge < -0.3 is 10.5 Å². The summed E-state index contributed by atoms with van der Waals surface area (Å²) in [6.45, 7) is 3.49. The first-order valence-electron chi connectivity index (χ1n) is 7.34. The minimum absolute atomic E-state index is 0.397. The highest BCUT2D eigenvalue weighted by atomic mass is 35.5. The number of aryl methyl sites for hydroxylation is 1. The van der Waals surface area contributed by atoms with Gasteiger partial charge in [-0.3, -0.25) is 0 Å². The van der Waals surface area contributed by atoms with Gasteiger partial charge in [0.1, 0.15) is 5.75 Å². The second kappa shape index (κ2) is 8.06. The van der Waals surface area contributed by atoms with Gasteiger partial charge in [-0.2, -0.15) is 0 Å². The van der Waals surface area contributed by atoms with E-state index < -0.39 is 0 Å². The van der Waals surface area contributed by atoms with Gasteiger partial charge in [0.25, 0.3) is 0 Å². The van der Waals surface area contributed by atoms with E-state index >= 15 is 0 Å². The van der Waals surface area contributed by atoms with E-state index in [1.807, 2.05) is 24.3 Å². The van der Waals surface area contributed by atoms with Crippen LogP contribution in [0.5, 0.6) is 5.75 Å². The Hall–Kier alpha value is -1.51. The zero-order valence-corrected chi connectivity index (χ0v) is 13.1. The SMILES string of the molecule is Cc1ccccc1C(CN)CCCOc1cccc(Cl)c1. The molecule has 21 heavy (non-hydrogen) atoms. The number of hydrogen-bond acceptors (Lipinski definition) is 2. The lowest BCUT2D eigenvalue weighted by molar-refractivity contribution is 0.301. The summed E-state index contributed by atoms with van der Waals surface area (Å²) >= 11 is 5.93. The molecule has 0 bridgehead atoms. The predicted molar refractivity (Wildman–Crippen MR) is 89.2 cm³/mol. The van der Waals surface area contributed by atoms with Gasteiger partial charge >= 0.3 is 0 Å². The molecular weight excluding hydrogens is 282 g/mol. The van der Waals surface area contributed by atoms with Crippen LogP contribution in [0, 0.1) is 6.92 Å². The lowest BCUT2D eigenvalue weighted by Crippen LogP contribution is -2.14. The number of hydrogen-bond donors (Lipinski definition) is 1. The molecule has 3 heteroatoms. The van der Waals surface area contributed by atoms with Gasteiger partial charge in [0.15, 0.2) is 0 Å². The number of ether oxygens (including phenoxy) is 1. The Morgan fingerprint density at radius 2 is 1.95 bits per heavy atom. The lowest BCUT2D eigenvalue weighted by atomic mass is 9.91. The summed E-state index contributed by atoms with van der Waals surface area (Å²) in [5.41, 5.74) is 8.59. The molecule has 1 unspecified atom stereocenters. The van der Waals surface area contributed by atoms with Crippen LogP contribution in [0.15, 0.2) is 48.5 Å². The maximum atomic E-state index is 5.93. The Balaban J connectivity index is 1.83. The molecule has 0 spiro atoms. The highest BCUT2D eigenvalue weighted by Gasteiger charge is 2.11. The van der Waals surface area contributed by atoms with Crippen LogP contribution < -0.4 is 10.5 Å². The molecule has 2 aromatic rings. The minimum atomic E-state index is 0.397. The third kappa shape index (κ3) is 4.76. The molecule has 2 rings (SSSR count). The first-order valence-corrected chi connectivity index (χ1v) is 7.72. The fourth-order valence-corrected chi connectivity index (χ4v) is 2.70. The number of benzene rings is 2. The molecular formula is C18H22ClNO. The van der Waals surface area contributed by atoms with Crippen molar-refractivity contribution in [2.75, 3.05) is 13.2 Å². The molecule has 0 saturated carbocycles. The van der Waals surface area contributed by atoms with Crippen molar-refractivity contribution in [2.45, 2.75) is 25.7 Å². The van der Waals surface area contributed by atoms with Gasteiger partial charge in [0.05, 0.1) is 6.61 Å². The van der Waals surface area contributed by atoms with Crippen LogP contribution in [-0.2, 0) is 0 Å². The first-order chi connectivity index (χ1) is 10.2. The minimum Gasteiger partial charge on any atom is -0.494 e. The maximum absolute atomic E-state index is 5.93. The van der Waals surface area contributed by atoms with Crippen molar-refractivity contribution in [1.82, 2.24) is 0 Å². The first kappa shape index (κ1) is 15.9. The van der Waals surface area contributed by atoms with Crippen molar-refractivity contribution < 1.29 is 4.74 Å². The molecule has 2 aromatic carbocycles. The Kier molecular flexibility index (Phi) is 6.09. The monoisotopic (exact) mass is 303 g/mol. The summed E-state index contributed by atoms with van der Waals surface area (Å²) in [4.78, 5) is 0. The van der Waals surface area contributed by atoms with Gasteiger partial charge in [0, 0.05) is 5.02 Å². The molecule has 0 saturated heterocycles. The van der Waals surface area contributed by atoms with Gasteiger partial charge in [-0.05, 0) is 61.6 Å². The molecule has 0 aliphatic carbocycles. The lowest BCUT2D eigenvalue weighted by Gasteiger charge is -2.17. The Labute approximate surface area is 131 Å². The third-order valence-electron chi connectivity index (χ3n) is 3.67. The maximum Gasteiger partial charge on any atom is 0.120 e. The van der Waals surface area contributed by atoms with Gasteiger partial charge in [-0.1, -0.05) is 41.9 Å². The van der Waals surface area contributed by atoms with E-state index in [1.165, 1.54) is 11.1 Å². The summed E-state index contributed by atoms with van der Waals surface area (Å²) in [7, 11) is 0. The average molecular weight is 304 g/mol. The van der Waals surface area contributed by atoms with Crippen LogP contribution >= 0.6 is 11.6 Å². The summed E-state index contributed by atoms with van der Waals surface area (Å²) in [5.74, 6) is 1.22. The molecule has 0 aliphatic heterocycles. The fourth-order valence-electron chi connectivity index (χ4n) is 2.52. The molecule has 2 N–H and O–H groups in total. The van der Waals surface area contributed by atoms with E-state index in [4.69, 9.17) is 22.1 Å². The average Bonchev–Trinajstić information content (AvgIpc) is 2.49. The predicted octanol–water partition coefficient (Wildman–Crippen LogP) is 4.55. The van der Waals surface area contributed by atoms with Crippen LogP contribution in [0.4, 0.5) is 0 Å². The number of halogens is 1. The van der Waals surface area contributed by atoms with Crippen molar-refractivity contribution in [3.8, 4) is 5.75 Å². The van der Waals surface area contributed by atoms with Crippen LogP contribution in [-0.4, -0.2) is 13.2 Å². The summed E-state index contributed by atoms with van der Waals surface area (Å²) in [5, 5.41) is 0.701. The van der Waals surface area contributed by atoms with Crippen molar-refractivity contribution in [3.05, 3.63) is 64.7 Å². The zero-order valence-electron chi connectivity index (χ0n) is 12.4. The van der Waals surface area contributed by atoms with Crippen molar-refractivity contribution in [3.63, 3.8) is 0 Å². The molecule has 0 aliphatic rings. The summed E-state index contributed by atoms with van der Waals surface area (Å²) in [6.07, 6.45) is 2.00. The number of rotatable bonds is 7. The highest BCUT2D eigenvalue weighted by Crippen LogP contribution is 2.24. The molecule has 0 radical (unpaired) electrons. The Morgan fingerprint density at radius 3 is 2.67 bits per heavy atom. The Morgan fingerprint density at radius 1 is 1.14 bits per heavy atom. The third-order valence-corrected chi connectivity index (χ3v) is 3.91. The molecule has 0 amide bonds. The standard InChI is InChI=1S/C18H22ClNO/c1-14-6-2-3-10-18(14)15(13-20)7-5-11-21-17-9-4-8-16(19)12-17/h2-4,6,8-10,12,15H,5,7,11,13,20H2,1H3.